The number of amides is 1. The van der Waals surface area contributed by atoms with Crippen LogP contribution in [0.5, 0.6) is 0 Å². The molecule has 2 fully saturated rings. The van der Waals surface area contributed by atoms with Crippen molar-refractivity contribution in [3.05, 3.63) is 0 Å². The van der Waals surface area contributed by atoms with Gasteiger partial charge in [0.05, 0.1) is 13.0 Å². The lowest BCUT2D eigenvalue weighted by Gasteiger charge is -2.43. The van der Waals surface area contributed by atoms with Crippen molar-refractivity contribution in [2.75, 3.05) is 13.2 Å². The Bertz CT molecular complexity index is 549. The number of carbonyl (C=O) groups is 3. The third-order valence-corrected chi connectivity index (χ3v) is 5.45. The molecule has 156 valence electrons. The molecule has 2 saturated heterocycles. The van der Waals surface area contributed by atoms with Gasteiger partial charge in [-0.05, 0) is 44.9 Å². The summed E-state index contributed by atoms with van der Waals surface area (Å²) in [6.07, 6.45) is 1.75. The van der Waals surface area contributed by atoms with E-state index in [-0.39, 0.29) is 30.3 Å². The van der Waals surface area contributed by atoms with Crippen LogP contribution < -0.4 is 0 Å². The highest BCUT2D eigenvalue weighted by Gasteiger charge is 2.51. The van der Waals surface area contributed by atoms with Crippen LogP contribution in [0.25, 0.3) is 0 Å². The lowest BCUT2D eigenvalue weighted by molar-refractivity contribution is -0.175. The lowest BCUT2D eigenvalue weighted by Crippen LogP contribution is -2.54. The smallest absolute Gasteiger partial charge is 0.319 e. The van der Waals surface area contributed by atoms with Crippen molar-refractivity contribution in [3.63, 3.8) is 0 Å². The maximum Gasteiger partial charge on any atom is 0.319 e. The van der Waals surface area contributed by atoms with Crippen molar-refractivity contribution in [1.82, 2.24) is 4.90 Å². The van der Waals surface area contributed by atoms with Crippen LogP contribution in [0, 0.1) is 17.3 Å². The number of carbonyl (C=O) groups excluding carboxylic acids is 3. The zero-order valence-electron chi connectivity index (χ0n) is 18.3. The molecule has 3 atom stereocenters. The molecule has 1 amide bonds. The molecule has 6 heteroatoms. The van der Waals surface area contributed by atoms with Crippen LogP contribution in [-0.2, 0) is 23.9 Å². The van der Waals surface area contributed by atoms with Crippen LogP contribution in [0.4, 0.5) is 0 Å². The highest BCUT2D eigenvalue weighted by molar-refractivity contribution is 5.99. The Kier molecular flexibility index (Phi) is 7.87. The largest absolute Gasteiger partial charge is 0.465 e. The van der Waals surface area contributed by atoms with Crippen molar-refractivity contribution in [1.29, 1.82) is 0 Å². The van der Waals surface area contributed by atoms with Crippen LogP contribution in [0.15, 0.2) is 0 Å². The first-order valence-electron chi connectivity index (χ1n) is 10.1. The number of cyclic esters (lactones) is 1. The fourth-order valence-electron chi connectivity index (χ4n) is 3.59. The Balaban J connectivity index is 0.00000176. The van der Waals surface area contributed by atoms with Crippen LogP contribution in [0.2, 0.25) is 0 Å². The van der Waals surface area contributed by atoms with Gasteiger partial charge in [0.15, 0.2) is 0 Å². The van der Waals surface area contributed by atoms with Crippen molar-refractivity contribution in [3.8, 4) is 0 Å². The second kappa shape index (κ2) is 9.07. The summed E-state index contributed by atoms with van der Waals surface area (Å²) in [5.41, 5.74) is -1.01. The molecule has 0 aromatic rings. The monoisotopic (exact) mass is 383 g/mol. The average Bonchev–Trinajstić information content (AvgIpc) is 2.99. The number of nitrogens with zero attached hydrogens (tertiary/aromatic N) is 1. The Labute approximate surface area is 164 Å². The molecule has 0 saturated carbocycles. The summed E-state index contributed by atoms with van der Waals surface area (Å²) in [6, 6.07) is -0.205. The minimum Gasteiger partial charge on any atom is -0.465 e. The molecular formula is C21H37NO5. The molecule has 0 N–H and O–H groups in total. The van der Waals surface area contributed by atoms with E-state index in [0.717, 1.165) is 12.8 Å². The summed E-state index contributed by atoms with van der Waals surface area (Å²) in [4.78, 5) is 39.3. The summed E-state index contributed by atoms with van der Waals surface area (Å²) in [5, 5.41) is 0. The zero-order valence-corrected chi connectivity index (χ0v) is 18.3. The fourth-order valence-corrected chi connectivity index (χ4v) is 3.59. The predicted molar refractivity (Wildman–Crippen MR) is 104 cm³/mol. The molecule has 0 radical (unpaired) electrons. The Hall–Kier alpha value is -1.59. The third kappa shape index (κ3) is 5.69. The number of hydrogen-bond acceptors (Lipinski definition) is 5. The molecule has 0 aromatic carbocycles. The van der Waals surface area contributed by atoms with E-state index in [4.69, 9.17) is 9.47 Å². The molecule has 2 heterocycles. The van der Waals surface area contributed by atoms with Crippen molar-refractivity contribution >= 4 is 17.8 Å². The molecule has 0 aromatic heterocycles. The van der Waals surface area contributed by atoms with Crippen molar-refractivity contribution in [2.24, 2.45) is 17.3 Å². The highest BCUT2D eigenvalue weighted by Crippen LogP contribution is 2.41. The SMILES string of the molecule is CC.CC1COC(=O)C(C(=O)N2CCCC2CC(=O)OC(C)(C)C)C1(C)C. The summed E-state index contributed by atoms with van der Waals surface area (Å²) in [5.74, 6) is -1.68. The molecular weight excluding hydrogens is 346 g/mol. The van der Waals surface area contributed by atoms with Gasteiger partial charge in [-0.3, -0.25) is 14.4 Å². The van der Waals surface area contributed by atoms with E-state index >= 15 is 0 Å². The molecule has 6 nitrogen and oxygen atoms in total. The van der Waals surface area contributed by atoms with Gasteiger partial charge in [-0.25, -0.2) is 0 Å². The summed E-state index contributed by atoms with van der Waals surface area (Å²) >= 11 is 0. The zero-order chi connectivity index (χ0) is 21.0. The van der Waals surface area contributed by atoms with Crippen LogP contribution in [-0.4, -0.2) is 47.5 Å². The standard InChI is InChI=1S/C19H31NO5.C2H6/c1-12-11-24-17(23)15(19(12,5)6)16(22)20-9-7-8-13(20)10-14(21)25-18(2,3)4;1-2/h12-13,15H,7-11H2,1-6H3;1-2H3. The number of hydrogen-bond donors (Lipinski definition) is 0. The number of likely N-dealkylation sites (tertiary alicyclic amines) is 1. The Morgan fingerprint density at radius 2 is 1.85 bits per heavy atom. The maximum atomic E-state index is 13.1. The minimum absolute atomic E-state index is 0.103. The second-order valence-corrected chi connectivity index (χ2v) is 8.90. The predicted octanol–water partition coefficient (Wildman–Crippen LogP) is 3.57. The van der Waals surface area contributed by atoms with E-state index in [1.807, 2.05) is 55.4 Å². The molecule has 0 aliphatic carbocycles. The van der Waals surface area contributed by atoms with E-state index in [2.05, 4.69) is 0 Å². The molecule has 3 unspecified atom stereocenters. The summed E-state index contributed by atoms with van der Waals surface area (Å²) < 4.78 is 10.6. The maximum absolute atomic E-state index is 13.1. The van der Waals surface area contributed by atoms with Gasteiger partial charge in [0.25, 0.3) is 0 Å². The van der Waals surface area contributed by atoms with Gasteiger partial charge in [-0.1, -0.05) is 34.6 Å². The molecule has 27 heavy (non-hydrogen) atoms. The number of esters is 2. The van der Waals surface area contributed by atoms with Gasteiger partial charge in [0.1, 0.15) is 11.5 Å². The van der Waals surface area contributed by atoms with Gasteiger partial charge >= 0.3 is 11.9 Å². The number of rotatable bonds is 3. The van der Waals surface area contributed by atoms with Gasteiger partial charge < -0.3 is 14.4 Å². The highest BCUT2D eigenvalue weighted by atomic mass is 16.6. The van der Waals surface area contributed by atoms with E-state index in [1.165, 1.54) is 0 Å². The molecule has 2 aliphatic rings. The quantitative estimate of drug-likeness (QED) is 0.550. The minimum atomic E-state index is -0.810. The van der Waals surface area contributed by atoms with E-state index in [1.54, 1.807) is 4.90 Å². The van der Waals surface area contributed by atoms with Crippen LogP contribution in [0.3, 0.4) is 0 Å². The van der Waals surface area contributed by atoms with E-state index < -0.39 is 22.9 Å². The first-order valence-corrected chi connectivity index (χ1v) is 10.1. The van der Waals surface area contributed by atoms with Gasteiger partial charge in [-0.15, -0.1) is 0 Å². The van der Waals surface area contributed by atoms with Crippen LogP contribution >= 0.6 is 0 Å². The lowest BCUT2D eigenvalue weighted by atomic mass is 9.68. The number of ether oxygens (including phenoxy) is 2. The Morgan fingerprint density at radius 1 is 1.26 bits per heavy atom. The van der Waals surface area contributed by atoms with Crippen molar-refractivity contribution in [2.45, 2.75) is 86.3 Å². The summed E-state index contributed by atoms with van der Waals surface area (Å²) in [6.45, 7) is 16.3. The molecule has 0 spiro atoms. The second-order valence-electron chi connectivity index (χ2n) is 8.90. The van der Waals surface area contributed by atoms with E-state index in [9.17, 15) is 14.4 Å². The molecule has 2 aliphatic heterocycles. The molecule has 2 rings (SSSR count). The summed E-state index contributed by atoms with van der Waals surface area (Å²) in [7, 11) is 0. The fraction of sp³-hybridized carbons (Fsp3) is 0.857. The van der Waals surface area contributed by atoms with Crippen LogP contribution in [0.1, 0.15) is 74.7 Å². The van der Waals surface area contributed by atoms with Gasteiger partial charge in [-0.2, -0.15) is 0 Å². The molecule has 0 bridgehead atoms. The Morgan fingerprint density at radius 3 is 2.41 bits per heavy atom. The van der Waals surface area contributed by atoms with E-state index in [0.29, 0.717) is 13.2 Å². The topological polar surface area (TPSA) is 72.9 Å². The normalized spacial score (nSPS) is 27.3. The average molecular weight is 384 g/mol. The van der Waals surface area contributed by atoms with Gasteiger partial charge in [0, 0.05) is 12.6 Å². The van der Waals surface area contributed by atoms with Crippen molar-refractivity contribution < 1.29 is 23.9 Å². The first-order chi connectivity index (χ1) is 12.4. The third-order valence-electron chi connectivity index (χ3n) is 5.45. The van der Waals surface area contributed by atoms with Gasteiger partial charge in [0.2, 0.25) is 5.91 Å². The first kappa shape index (κ1) is 23.4.